The number of pyridine rings is 1. The van der Waals surface area contributed by atoms with E-state index in [1.54, 1.807) is 0 Å². The van der Waals surface area contributed by atoms with Gasteiger partial charge in [-0.15, -0.1) is 0 Å². The lowest BCUT2D eigenvalue weighted by Crippen LogP contribution is -2.14. The molecule has 0 saturated carbocycles. The zero-order chi connectivity index (χ0) is 14.8. The summed E-state index contributed by atoms with van der Waals surface area (Å²) in [4.78, 5) is 13.5. The maximum absolute atomic E-state index is 12.7. The lowest BCUT2D eigenvalue weighted by molar-refractivity contribution is -0.142. The highest BCUT2D eigenvalue weighted by molar-refractivity contribution is 5.71. The van der Waals surface area contributed by atoms with Gasteiger partial charge in [-0.1, -0.05) is 0 Å². The van der Waals surface area contributed by atoms with Crippen molar-refractivity contribution in [1.29, 1.82) is 0 Å². The van der Waals surface area contributed by atoms with Gasteiger partial charge < -0.3 is 9.84 Å². The molecule has 0 fully saturated rings. The molecule has 0 bridgehead atoms. The van der Waals surface area contributed by atoms with E-state index in [0.717, 1.165) is 7.11 Å². The van der Waals surface area contributed by atoms with Crippen molar-refractivity contribution in [1.82, 2.24) is 4.98 Å². The van der Waals surface area contributed by atoms with Crippen molar-refractivity contribution in [3.05, 3.63) is 23.0 Å². The first-order valence-corrected chi connectivity index (χ1v) is 4.81. The van der Waals surface area contributed by atoms with Gasteiger partial charge in [-0.05, 0) is 6.07 Å². The molecule has 0 radical (unpaired) electrons. The van der Waals surface area contributed by atoms with Gasteiger partial charge in [-0.3, -0.25) is 4.79 Å². The summed E-state index contributed by atoms with van der Waals surface area (Å²) in [6, 6.07) is 0.148. The number of halogens is 5. The minimum absolute atomic E-state index is 0.148. The van der Waals surface area contributed by atoms with E-state index in [1.807, 2.05) is 0 Å². The molecule has 106 valence electrons. The van der Waals surface area contributed by atoms with Crippen LogP contribution in [0.25, 0.3) is 0 Å². The molecular weight excluding hydrogens is 277 g/mol. The Morgan fingerprint density at radius 3 is 2.42 bits per heavy atom. The molecule has 1 heterocycles. The average molecular weight is 285 g/mol. The monoisotopic (exact) mass is 285 g/mol. The van der Waals surface area contributed by atoms with Crippen LogP contribution in [0.3, 0.4) is 0 Å². The van der Waals surface area contributed by atoms with Crippen molar-refractivity contribution in [2.75, 3.05) is 7.11 Å². The first-order valence-electron chi connectivity index (χ1n) is 4.81. The van der Waals surface area contributed by atoms with E-state index in [-0.39, 0.29) is 6.07 Å². The summed E-state index contributed by atoms with van der Waals surface area (Å²) in [5.41, 5.74) is -3.32. The summed E-state index contributed by atoms with van der Waals surface area (Å²) in [5.74, 6) is -2.16. The van der Waals surface area contributed by atoms with Crippen LogP contribution in [0, 0.1) is 0 Å². The molecule has 0 aliphatic rings. The Bertz CT molecular complexity index is 487. The van der Waals surface area contributed by atoms with Crippen LogP contribution < -0.4 is 4.74 Å². The fourth-order valence-electron chi connectivity index (χ4n) is 1.41. The summed E-state index contributed by atoms with van der Waals surface area (Å²) in [6.07, 6.45) is -9.15. The fourth-order valence-corrected chi connectivity index (χ4v) is 1.41. The van der Waals surface area contributed by atoms with E-state index in [4.69, 9.17) is 5.11 Å². The highest BCUT2D eigenvalue weighted by Gasteiger charge is 2.35. The largest absolute Gasteiger partial charge is 0.494 e. The molecule has 0 aromatic carbocycles. The van der Waals surface area contributed by atoms with E-state index >= 15 is 0 Å². The number of alkyl halides is 5. The van der Waals surface area contributed by atoms with Crippen molar-refractivity contribution in [2.24, 2.45) is 0 Å². The Labute approximate surface area is 103 Å². The van der Waals surface area contributed by atoms with Crippen LogP contribution in [0.4, 0.5) is 22.0 Å². The molecule has 4 nitrogen and oxygen atoms in total. The van der Waals surface area contributed by atoms with Gasteiger partial charge in [-0.2, -0.15) is 13.2 Å². The molecular formula is C10H8F5NO3. The number of carboxylic acids is 1. The molecule has 1 aromatic rings. The highest BCUT2D eigenvalue weighted by Crippen LogP contribution is 2.37. The number of aliphatic carboxylic acids is 1. The number of nitrogens with zero attached hydrogens (tertiary/aromatic N) is 1. The quantitative estimate of drug-likeness (QED) is 0.864. The van der Waals surface area contributed by atoms with Gasteiger partial charge >= 0.3 is 12.1 Å². The van der Waals surface area contributed by atoms with Gasteiger partial charge in [-0.25, -0.2) is 13.8 Å². The van der Waals surface area contributed by atoms with E-state index in [9.17, 15) is 26.7 Å². The Morgan fingerprint density at radius 2 is 2.05 bits per heavy atom. The summed E-state index contributed by atoms with van der Waals surface area (Å²) in [7, 11) is 0.946. The number of carbonyl (C=O) groups is 1. The van der Waals surface area contributed by atoms with Crippen LogP contribution in [0.2, 0.25) is 0 Å². The molecule has 0 aliphatic carbocycles. The van der Waals surface area contributed by atoms with Crippen LogP contribution in [-0.4, -0.2) is 23.2 Å². The van der Waals surface area contributed by atoms with Crippen LogP contribution in [0.1, 0.15) is 23.4 Å². The minimum atomic E-state index is -4.96. The zero-order valence-electron chi connectivity index (χ0n) is 9.46. The molecule has 0 unspecified atom stereocenters. The summed E-state index contributed by atoms with van der Waals surface area (Å²) in [5, 5.41) is 8.55. The molecule has 0 saturated heterocycles. The third-order valence-electron chi connectivity index (χ3n) is 2.12. The number of methoxy groups -OCH3 is 1. The van der Waals surface area contributed by atoms with E-state index < -0.39 is 47.7 Å². The first-order chi connectivity index (χ1) is 8.66. The third-order valence-corrected chi connectivity index (χ3v) is 2.12. The Kier molecular flexibility index (Phi) is 4.28. The molecule has 9 heteroatoms. The van der Waals surface area contributed by atoms with Gasteiger partial charge in [0.05, 0.1) is 24.8 Å². The summed E-state index contributed by atoms with van der Waals surface area (Å²) < 4.78 is 67.4. The predicted octanol–water partition coefficient (Wildman–Crippen LogP) is 2.67. The van der Waals surface area contributed by atoms with Crippen molar-refractivity contribution in [2.45, 2.75) is 19.0 Å². The van der Waals surface area contributed by atoms with Crippen LogP contribution in [-0.2, 0) is 17.4 Å². The predicted molar refractivity (Wildman–Crippen MR) is 52.1 cm³/mol. The maximum atomic E-state index is 12.7. The maximum Gasteiger partial charge on any atom is 0.433 e. The SMILES string of the molecule is COc1c(C(F)F)cc(C(F)(F)F)nc1CC(=O)O. The normalized spacial score (nSPS) is 11.7. The van der Waals surface area contributed by atoms with Crippen LogP contribution >= 0.6 is 0 Å². The number of rotatable bonds is 4. The molecule has 1 rings (SSSR count). The van der Waals surface area contributed by atoms with Gasteiger partial charge in [0, 0.05) is 0 Å². The average Bonchev–Trinajstić information content (AvgIpc) is 2.25. The number of ether oxygens (including phenoxy) is 1. The smallest absolute Gasteiger partial charge is 0.433 e. The lowest BCUT2D eigenvalue weighted by atomic mass is 10.1. The second-order valence-electron chi connectivity index (χ2n) is 3.45. The minimum Gasteiger partial charge on any atom is -0.494 e. The second-order valence-corrected chi connectivity index (χ2v) is 3.45. The van der Waals surface area contributed by atoms with Crippen molar-refractivity contribution >= 4 is 5.97 Å². The van der Waals surface area contributed by atoms with Crippen molar-refractivity contribution in [3.8, 4) is 5.75 Å². The molecule has 0 amide bonds. The van der Waals surface area contributed by atoms with Gasteiger partial charge in [0.2, 0.25) is 0 Å². The molecule has 0 aliphatic heterocycles. The van der Waals surface area contributed by atoms with Gasteiger partial charge in [0.1, 0.15) is 11.4 Å². The van der Waals surface area contributed by atoms with Crippen molar-refractivity contribution < 1.29 is 36.6 Å². The van der Waals surface area contributed by atoms with Gasteiger partial charge in [0.25, 0.3) is 6.43 Å². The number of carboxylic acid groups (broad SMARTS) is 1. The Balaban J connectivity index is 3.49. The molecule has 1 aromatic heterocycles. The second kappa shape index (κ2) is 5.37. The number of hydrogen-bond donors (Lipinski definition) is 1. The summed E-state index contributed by atoms with van der Waals surface area (Å²) >= 11 is 0. The topological polar surface area (TPSA) is 59.4 Å². The Hall–Kier alpha value is -1.93. The summed E-state index contributed by atoms with van der Waals surface area (Å²) in [6.45, 7) is 0. The first kappa shape index (κ1) is 15.1. The standard InChI is InChI=1S/C10H8F5NO3/c1-19-8-4(9(11)12)2-6(10(13,14)15)16-5(8)3-7(17)18/h2,9H,3H2,1H3,(H,17,18). The van der Waals surface area contributed by atoms with E-state index in [2.05, 4.69) is 9.72 Å². The van der Waals surface area contributed by atoms with Gasteiger partial charge in [0.15, 0.2) is 0 Å². The van der Waals surface area contributed by atoms with E-state index in [0.29, 0.717) is 0 Å². The zero-order valence-corrected chi connectivity index (χ0v) is 9.46. The van der Waals surface area contributed by atoms with Crippen LogP contribution in [0.5, 0.6) is 5.75 Å². The third kappa shape index (κ3) is 3.52. The highest BCUT2D eigenvalue weighted by atomic mass is 19.4. The lowest BCUT2D eigenvalue weighted by Gasteiger charge is -2.15. The Morgan fingerprint density at radius 1 is 1.47 bits per heavy atom. The van der Waals surface area contributed by atoms with Crippen molar-refractivity contribution in [3.63, 3.8) is 0 Å². The number of aromatic nitrogens is 1. The molecule has 0 spiro atoms. The van der Waals surface area contributed by atoms with E-state index in [1.165, 1.54) is 0 Å². The fraction of sp³-hybridized carbons (Fsp3) is 0.400. The molecule has 1 N–H and O–H groups in total. The molecule has 19 heavy (non-hydrogen) atoms. The van der Waals surface area contributed by atoms with Crippen LogP contribution in [0.15, 0.2) is 6.07 Å². The number of hydrogen-bond acceptors (Lipinski definition) is 3. The molecule has 0 atom stereocenters.